The molecule has 2 amide bonds. The Hall–Kier alpha value is -3.18. The average Bonchev–Trinajstić information content (AvgIpc) is 2.79. The summed E-state index contributed by atoms with van der Waals surface area (Å²) < 4.78 is 5.43. The van der Waals surface area contributed by atoms with Gasteiger partial charge in [-0.25, -0.2) is 0 Å². The highest BCUT2D eigenvalue weighted by atomic mass is 16.5. The van der Waals surface area contributed by atoms with Crippen LogP contribution in [0, 0.1) is 0 Å². The molecule has 0 atom stereocenters. The van der Waals surface area contributed by atoms with E-state index < -0.39 is 0 Å². The minimum atomic E-state index is -0.0933. The first-order valence-electron chi connectivity index (χ1n) is 10.8. The zero-order chi connectivity index (χ0) is 21.8. The molecule has 3 aromatic carbocycles. The maximum atomic E-state index is 13.1. The van der Waals surface area contributed by atoms with Crippen molar-refractivity contribution >= 4 is 28.3 Å². The topological polar surface area (TPSA) is 67.4 Å². The van der Waals surface area contributed by atoms with Crippen molar-refractivity contribution in [2.24, 2.45) is 0 Å². The summed E-state index contributed by atoms with van der Waals surface area (Å²) in [6, 6.07) is 19.9. The van der Waals surface area contributed by atoms with Gasteiger partial charge in [-0.05, 0) is 65.8 Å². The smallest absolute Gasteiger partial charge is 0.252 e. The van der Waals surface area contributed by atoms with Crippen LogP contribution in [-0.2, 0) is 9.53 Å². The third-order valence-corrected chi connectivity index (χ3v) is 6.03. The van der Waals surface area contributed by atoms with Crippen LogP contribution in [0.5, 0.6) is 0 Å². The Kier molecular flexibility index (Phi) is 6.33. The Labute approximate surface area is 182 Å². The Bertz CT molecular complexity index is 1080. The van der Waals surface area contributed by atoms with E-state index in [2.05, 4.69) is 10.6 Å². The number of hydrogen-bond acceptors (Lipinski definition) is 3. The number of nitrogens with one attached hydrogen (secondary N) is 2. The summed E-state index contributed by atoms with van der Waals surface area (Å²) in [5.41, 5.74) is 3.56. The van der Waals surface area contributed by atoms with Crippen LogP contribution in [0.25, 0.3) is 21.9 Å². The lowest BCUT2D eigenvalue weighted by Crippen LogP contribution is -2.39. The standard InChI is InChI=1S/C26H28N2O3/c1-17(29)27-19-9-7-18(8-10-19)22-15-16-25(24-6-4-3-5-23(22)24)26(30)28-20-11-13-21(31-2)14-12-20/h3-10,15-16,20-21H,11-14H2,1-2H3,(H,27,29)(H,28,30). The van der Waals surface area contributed by atoms with E-state index in [1.807, 2.05) is 60.7 Å². The minimum Gasteiger partial charge on any atom is -0.381 e. The third kappa shape index (κ3) is 4.78. The Morgan fingerprint density at radius 2 is 1.55 bits per heavy atom. The monoisotopic (exact) mass is 416 g/mol. The van der Waals surface area contributed by atoms with E-state index in [4.69, 9.17) is 4.74 Å². The van der Waals surface area contributed by atoms with Crippen molar-refractivity contribution < 1.29 is 14.3 Å². The van der Waals surface area contributed by atoms with Crippen molar-refractivity contribution in [3.05, 3.63) is 66.2 Å². The highest BCUT2D eigenvalue weighted by molar-refractivity contribution is 6.11. The fourth-order valence-electron chi connectivity index (χ4n) is 4.39. The predicted molar refractivity (Wildman–Crippen MR) is 124 cm³/mol. The van der Waals surface area contributed by atoms with Gasteiger partial charge in [0.25, 0.3) is 5.91 Å². The quantitative estimate of drug-likeness (QED) is 0.604. The first kappa shape index (κ1) is 21.1. The van der Waals surface area contributed by atoms with Crippen LogP contribution in [0.2, 0.25) is 0 Å². The van der Waals surface area contributed by atoms with E-state index in [1.165, 1.54) is 6.92 Å². The van der Waals surface area contributed by atoms with E-state index >= 15 is 0 Å². The molecule has 0 heterocycles. The summed E-state index contributed by atoms with van der Waals surface area (Å²) in [6.45, 7) is 1.49. The molecular formula is C26H28N2O3. The molecule has 0 bridgehead atoms. The number of carbonyl (C=O) groups is 2. The number of methoxy groups -OCH3 is 1. The van der Waals surface area contributed by atoms with E-state index in [9.17, 15) is 9.59 Å². The van der Waals surface area contributed by atoms with E-state index in [0.717, 1.165) is 53.3 Å². The highest BCUT2D eigenvalue weighted by Gasteiger charge is 2.23. The summed E-state index contributed by atoms with van der Waals surface area (Å²) in [7, 11) is 1.75. The molecule has 0 unspecified atom stereocenters. The van der Waals surface area contributed by atoms with Crippen molar-refractivity contribution in [2.45, 2.75) is 44.8 Å². The largest absolute Gasteiger partial charge is 0.381 e. The fraction of sp³-hybridized carbons (Fsp3) is 0.308. The summed E-state index contributed by atoms with van der Waals surface area (Å²) in [6.07, 6.45) is 4.16. The van der Waals surface area contributed by atoms with Crippen LogP contribution in [0.15, 0.2) is 60.7 Å². The molecule has 4 rings (SSSR count). The molecule has 31 heavy (non-hydrogen) atoms. The van der Waals surface area contributed by atoms with Gasteiger partial charge >= 0.3 is 0 Å². The van der Waals surface area contributed by atoms with Gasteiger partial charge in [-0.2, -0.15) is 0 Å². The summed E-state index contributed by atoms with van der Waals surface area (Å²) in [5, 5.41) is 7.98. The van der Waals surface area contributed by atoms with Gasteiger partial charge in [0, 0.05) is 31.3 Å². The molecule has 3 aromatic rings. The van der Waals surface area contributed by atoms with Crippen LogP contribution in [0.3, 0.4) is 0 Å². The first-order chi connectivity index (χ1) is 15.0. The maximum absolute atomic E-state index is 13.1. The average molecular weight is 417 g/mol. The number of amides is 2. The molecule has 0 aromatic heterocycles. The van der Waals surface area contributed by atoms with Crippen LogP contribution in [-0.4, -0.2) is 31.1 Å². The molecular weight excluding hydrogens is 388 g/mol. The van der Waals surface area contributed by atoms with E-state index in [1.54, 1.807) is 7.11 Å². The Morgan fingerprint density at radius 1 is 0.871 bits per heavy atom. The second kappa shape index (κ2) is 9.31. The number of anilines is 1. The number of benzene rings is 3. The molecule has 1 saturated carbocycles. The molecule has 0 aliphatic heterocycles. The lowest BCUT2D eigenvalue weighted by atomic mass is 9.92. The predicted octanol–water partition coefficient (Wildman–Crippen LogP) is 5.15. The van der Waals surface area contributed by atoms with Crippen molar-refractivity contribution in [3.8, 4) is 11.1 Å². The minimum absolute atomic E-state index is 0.0235. The SMILES string of the molecule is COC1CCC(NC(=O)c2ccc(-c3ccc(NC(C)=O)cc3)c3ccccc23)CC1. The number of fused-ring (bicyclic) bond motifs is 1. The number of rotatable bonds is 5. The van der Waals surface area contributed by atoms with Gasteiger partial charge < -0.3 is 15.4 Å². The lowest BCUT2D eigenvalue weighted by Gasteiger charge is -2.28. The molecule has 0 spiro atoms. The second-order valence-electron chi connectivity index (χ2n) is 8.15. The second-order valence-corrected chi connectivity index (χ2v) is 8.15. The van der Waals surface area contributed by atoms with Gasteiger partial charge in [-0.3, -0.25) is 9.59 Å². The van der Waals surface area contributed by atoms with Crippen molar-refractivity contribution in [3.63, 3.8) is 0 Å². The summed E-state index contributed by atoms with van der Waals surface area (Å²) in [4.78, 5) is 24.4. The van der Waals surface area contributed by atoms with Gasteiger partial charge in [0.1, 0.15) is 0 Å². The summed E-state index contributed by atoms with van der Waals surface area (Å²) in [5.74, 6) is -0.117. The Balaban J connectivity index is 1.59. The molecule has 5 nitrogen and oxygen atoms in total. The maximum Gasteiger partial charge on any atom is 0.252 e. The highest BCUT2D eigenvalue weighted by Crippen LogP contribution is 2.32. The first-order valence-corrected chi connectivity index (χ1v) is 10.8. The van der Waals surface area contributed by atoms with Gasteiger partial charge in [-0.1, -0.05) is 42.5 Å². The van der Waals surface area contributed by atoms with E-state index in [0.29, 0.717) is 11.7 Å². The molecule has 2 N–H and O–H groups in total. The van der Waals surface area contributed by atoms with Crippen LogP contribution in [0.1, 0.15) is 43.0 Å². The molecule has 0 radical (unpaired) electrons. The lowest BCUT2D eigenvalue weighted by molar-refractivity contribution is -0.114. The number of carbonyl (C=O) groups excluding carboxylic acids is 2. The van der Waals surface area contributed by atoms with Crippen LogP contribution >= 0.6 is 0 Å². The van der Waals surface area contributed by atoms with Gasteiger partial charge in [0.15, 0.2) is 0 Å². The number of ether oxygens (including phenoxy) is 1. The molecule has 160 valence electrons. The molecule has 5 heteroatoms. The van der Waals surface area contributed by atoms with Crippen LogP contribution in [0.4, 0.5) is 5.69 Å². The third-order valence-electron chi connectivity index (χ3n) is 6.03. The van der Waals surface area contributed by atoms with Crippen molar-refractivity contribution in [1.29, 1.82) is 0 Å². The normalized spacial score (nSPS) is 18.5. The molecule has 1 aliphatic carbocycles. The van der Waals surface area contributed by atoms with E-state index in [-0.39, 0.29) is 17.9 Å². The number of hydrogen-bond donors (Lipinski definition) is 2. The molecule has 1 fully saturated rings. The molecule has 1 aliphatic rings. The van der Waals surface area contributed by atoms with Gasteiger partial charge in [-0.15, -0.1) is 0 Å². The fourth-order valence-corrected chi connectivity index (χ4v) is 4.39. The van der Waals surface area contributed by atoms with Gasteiger partial charge in [0.05, 0.1) is 6.10 Å². The van der Waals surface area contributed by atoms with Crippen LogP contribution < -0.4 is 10.6 Å². The van der Waals surface area contributed by atoms with Gasteiger partial charge in [0.2, 0.25) is 5.91 Å². The zero-order valence-corrected chi connectivity index (χ0v) is 18.0. The van der Waals surface area contributed by atoms with Crippen molar-refractivity contribution in [2.75, 3.05) is 12.4 Å². The summed E-state index contributed by atoms with van der Waals surface area (Å²) >= 11 is 0. The Morgan fingerprint density at radius 3 is 2.19 bits per heavy atom. The zero-order valence-electron chi connectivity index (χ0n) is 18.0. The van der Waals surface area contributed by atoms with Crippen molar-refractivity contribution in [1.82, 2.24) is 5.32 Å². The molecule has 0 saturated heterocycles.